The van der Waals surface area contributed by atoms with Crippen LogP contribution in [0.3, 0.4) is 0 Å². The van der Waals surface area contributed by atoms with Crippen LogP contribution < -0.4 is 4.74 Å². The number of para-hydroxylation sites is 1. The molecule has 0 saturated heterocycles. The van der Waals surface area contributed by atoms with E-state index >= 15 is 0 Å². The van der Waals surface area contributed by atoms with Crippen LogP contribution in [0.5, 0.6) is 5.75 Å². The van der Waals surface area contributed by atoms with E-state index in [1.807, 2.05) is 0 Å². The van der Waals surface area contributed by atoms with E-state index in [4.69, 9.17) is 4.74 Å². The van der Waals surface area contributed by atoms with Gasteiger partial charge in [-0.3, -0.25) is 0 Å². The lowest BCUT2D eigenvalue weighted by atomic mass is 9.79. The molecule has 0 spiro atoms. The molecule has 0 saturated carbocycles. The van der Waals surface area contributed by atoms with Crippen LogP contribution in [0.15, 0.2) is 31.4 Å². The molecule has 1 rings (SSSR count). The van der Waals surface area contributed by atoms with Crippen molar-refractivity contribution in [1.29, 1.82) is 0 Å². The molecule has 0 aromatic heterocycles. The van der Waals surface area contributed by atoms with Crippen molar-refractivity contribution in [2.45, 2.75) is 52.4 Å². The minimum Gasteiger partial charge on any atom is -0.496 e. The lowest BCUT2D eigenvalue weighted by Gasteiger charge is -2.28. The minimum absolute atomic E-state index is 0.118. The average Bonchev–Trinajstić information content (AvgIpc) is 2.28. The van der Waals surface area contributed by atoms with Crippen molar-refractivity contribution in [3.05, 3.63) is 42.5 Å². The Morgan fingerprint density at radius 3 is 1.39 bits per heavy atom. The summed E-state index contributed by atoms with van der Waals surface area (Å²) in [5, 5.41) is 0. The van der Waals surface area contributed by atoms with Gasteiger partial charge in [0.2, 0.25) is 0 Å². The topological polar surface area (TPSA) is 9.23 Å². The number of hydrogen-bond acceptors (Lipinski definition) is 1. The summed E-state index contributed by atoms with van der Waals surface area (Å²) in [6.07, 6.45) is 0. The van der Waals surface area contributed by atoms with Crippen LogP contribution in [-0.4, -0.2) is 7.11 Å². The highest BCUT2D eigenvalue weighted by molar-refractivity contribution is 5.48. The van der Waals surface area contributed by atoms with Crippen molar-refractivity contribution in [1.82, 2.24) is 0 Å². The second kappa shape index (κ2) is 6.08. The van der Waals surface area contributed by atoms with Gasteiger partial charge in [0.1, 0.15) is 5.75 Å². The molecule has 0 N–H and O–H groups in total. The van der Waals surface area contributed by atoms with Crippen LogP contribution in [0.4, 0.5) is 0 Å². The van der Waals surface area contributed by atoms with Crippen LogP contribution in [0, 0.1) is 0 Å². The largest absolute Gasteiger partial charge is 0.496 e. The van der Waals surface area contributed by atoms with Gasteiger partial charge in [-0.15, -0.1) is 13.2 Å². The minimum atomic E-state index is 0.118. The SMILES string of the molecule is C=C.COc1c(C(C)(C)C)cccc1C(C)(C)C. The summed E-state index contributed by atoms with van der Waals surface area (Å²) < 4.78 is 5.63. The van der Waals surface area contributed by atoms with E-state index in [0.29, 0.717) is 0 Å². The van der Waals surface area contributed by atoms with Crippen LogP contribution >= 0.6 is 0 Å². The first-order valence-corrected chi connectivity index (χ1v) is 6.36. The molecule has 0 radical (unpaired) electrons. The van der Waals surface area contributed by atoms with Crippen molar-refractivity contribution >= 4 is 0 Å². The van der Waals surface area contributed by atoms with Gasteiger partial charge in [-0.25, -0.2) is 0 Å². The lowest BCUT2D eigenvalue weighted by Crippen LogP contribution is -2.18. The van der Waals surface area contributed by atoms with Crippen molar-refractivity contribution in [2.75, 3.05) is 7.11 Å². The molecule has 0 aliphatic rings. The van der Waals surface area contributed by atoms with Gasteiger partial charge in [-0.2, -0.15) is 0 Å². The molecule has 1 aromatic rings. The summed E-state index contributed by atoms with van der Waals surface area (Å²) in [6.45, 7) is 19.3. The molecule has 0 fully saturated rings. The van der Waals surface area contributed by atoms with E-state index in [9.17, 15) is 0 Å². The molecule has 0 amide bonds. The third-order valence-electron chi connectivity index (χ3n) is 2.84. The fourth-order valence-electron chi connectivity index (χ4n) is 1.94. The predicted octanol–water partition coefficient (Wildman–Crippen LogP) is 5.09. The smallest absolute Gasteiger partial charge is 0.126 e. The highest BCUT2D eigenvalue weighted by Crippen LogP contribution is 2.39. The number of benzene rings is 1. The van der Waals surface area contributed by atoms with Gasteiger partial charge in [0.05, 0.1) is 7.11 Å². The van der Waals surface area contributed by atoms with Gasteiger partial charge in [-0.1, -0.05) is 59.7 Å². The van der Waals surface area contributed by atoms with E-state index in [1.54, 1.807) is 7.11 Å². The zero-order valence-corrected chi connectivity index (χ0v) is 13.1. The summed E-state index contributed by atoms with van der Waals surface area (Å²) in [6, 6.07) is 6.45. The summed E-state index contributed by atoms with van der Waals surface area (Å²) in [7, 11) is 1.76. The number of hydrogen-bond donors (Lipinski definition) is 0. The van der Waals surface area contributed by atoms with Crippen molar-refractivity contribution < 1.29 is 4.74 Å². The van der Waals surface area contributed by atoms with Crippen molar-refractivity contribution in [3.63, 3.8) is 0 Å². The monoisotopic (exact) mass is 248 g/mol. The molecular formula is C17H28O. The maximum absolute atomic E-state index is 5.63. The molecule has 0 aliphatic carbocycles. The number of rotatable bonds is 1. The number of ether oxygens (including phenoxy) is 1. The first kappa shape index (κ1) is 16.8. The first-order valence-electron chi connectivity index (χ1n) is 6.36. The molecule has 18 heavy (non-hydrogen) atoms. The van der Waals surface area contributed by atoms with Crippen LogP contribution in [0.1, 0.15) is 52.7 Å². The molecule has 0 heterocycles. The van der Waals surface area contributed by atoms with E-state index in [1.165, 1.54) is 11.1 Å². The molecule has 0 atom stereocenters. The van der Waals surface area contributed by atoms with Crippen molar-refractivity contribution in [3.8, 4) is 5.75 Å². The highest BCUT2D eigenvalue weighted by atomic mass is 16.5. The van der Waals surface area contributed by atoms with Gasteiger partial charge < -0.3 is 4.74 Å². The highest BCUT2D eigenvalue weighted by Gasteiger charge is 2.25. The van der Waals surface area contributed by atoms with E-state index in [2.05, 4.69) is 72.9 Å². The van der Waals surface area contributed by atoms with Gasteiger partial charge in [0.15, 0.2) is 0 Å². The fourth-order valence-corrected chi connectivity index (χ4v) is 1.94. The maximum Gasteiger partial charge on any atom is 0.126 e. The molecule has 0 bridgehead atoms. The van der Waals surface area contributed by atoms with E-state index in [0.717, 1.165) is 5.75 Å². The Hall–Kier alpha value is -1.24. The molecular weight excluding hydrogens is 220 g/mol. The van der Waals surface area contributed by atoms with Crippen LogP contribution in [0.25, 0.3) is 0 Å². The van der Waals surface area contributed by atoms with E-state index in [-0.39, 0.29) is 10.8 Å². The zero-order valence-electron chi connectivity index (χ0n) is 13.1. The molecule has 102 valence electrons. The standard InChI is InChI=1S/C15H24O.C2H4/c1-14(2,3)11-9-8-10-12(13(11)16-7)15(4,5)6;1-2/h8-10H,1-7H3;1-2H2. The normalized spacial score (nSPS) is 11.5. The van der Waals surface area contributed by atoms with Crippen molar-refractivity contribution in [2.24, 2.45) is 0 Å². The zero-order chi connectivity index (χ0) is 14.6. The second-order valence-electron chi connectivity index (χ2n) is 6.39. The Bertz CT molecular complexity index is 345. The summed E-state index contributed by atoms with van der Waals surface area (Å²) in [5.41, 5.74) is 2.80. The van der Waals surface area contributed by atoms with Gasteiger partial charge in [-0.05, 0) is 22.0 Å². The molecule has 1 aromatic carbocycles. The fraction of sp³-hybridized carbons (Fsp3) is 0.529. The predicted molar refractivity (Wildman–Crippen MR) is 81.6 cm³/mol. The number of methoxy groups -OCH3 is 1. The Kier molecular flexibility index (Phi) is 5.66. The Labute approximate surface area is 113 Å². The average molecular weight is 248 g/mol. The Balaban J connectivity index is 0.00000137. The van der Waals surface area contributed by atoms with Crippen LogP contribution in [0.2, 0.25) is 0 Å². The molecule has 1 heteroatoms. The van der Waals surface area contributed by atoms with Gasteiger partial charge in [0.25, 0.3) is 0 Å². The molecule has 1 nitrogen and oxygen atoms in total. The second-order valence-corrected chi connectivity index (χ2v) is 6.39. The third-order valence-corrected chi connectivity index (χ3v) is 2.84. The first-order chi connectivity index (χ1) is 8.18. The Morgan fingerprint density at radius 2 is 1.17 bits per heavy atom. The summed E-state index contributed by atoms with van der Waals surface area (Å²) >= 11 is 0. The summed E-state index contributed by atoms with van der Waals surface area (Å²) in [4.78, 5) is 0. The summed E-state index contributed by atoms with van der Waals surface area (Å²) in [5.74, 6) is 1.04. The molecule has 0 unspecified atom stereocenters. The van der Waals surface area contributed by atoms with Gasteiger partial charge >= 0.3 is 0 Å². The van der Waals surface area contributed by atoms with Gasteiger partial charge in [0, 0.05) is 0 Å². The van der Waals surface area contributed by atoms with E-state index < -0.39 is 0 Å². The van der Waals surface area contributed by atoms with Crippen LogP contribution in [-0.2, 0) is 10.8 Å². The quantitative estimate of drug-likeness (QED) is 0.629. The lowest BCUT2D eigenvalue weighted by molar-refractivity contribution is 0.381. The Morgan fingerprint density at radius 1 is 0.833 bits per heavy atom. The third kappa shape index (κ3) is 3.90. The maximum atomic E-state index is 5.63. The molecule has 0 aliphatic heterocycles.